The van der Waals surface area contributed by atoms with Crippen molar-refractivity contribution in [1.82, 2.24) is 9.88 Å². The van der Waals surface area contributed by atoms with Crippen molar-refractivity contribution in [3.63, 3.8) is 0 Å². The molecule has 1 aromatic rings. The summed E-state index contributed by atoms with van der Waals surface area (Å²) < 4.78 is 36.1. The summed E-state index contributed by atoms with van der Waals surface area (Å²) in [7, 11) is 1.16. The number of hydrogen-bond acceptors (Lipinski definition) is 4. The van der Waals surface area contributed by atoms with Crippen molar-refractivity contribution in [1.29, 1.82) is 0 Å². The van der Waals surface area contributed by atoms with Crippen LogP contribution in [0.15, 0.2) is 18.5 Å². The van der Waals surface area contributed by atoms with E-state index in [1.54, 1.807) is 0 Å². The van der Waals surface area contributed by atoms with Crippen LogP contribution in [0.2, 0.25) is 0 Å². The van der Waals surface area contributed by atoms with Gasteiger partial charge in [-0.15, -0.1) is 0 Å². The molecule has 0 radical (unpaired) electrons. The Morgan fingerprint density at radius 3 is 2.75 bits per heavy atom. The summed E-state index contributed by atoms with van der Waals surface area (Å²) in [5.74, 6) is 0. The Morgan fingerprint density at radius 2 is 2.20 bits per heavy atom. The SMILES string of the molecule is CN(CCC(F)(F)F)C(=O)Nc1ccncc1[N+](=O)[O-]. The van der Waals surface area contributed by atoms with E-state index in [9.17, 15) is 28.1 Å². The van der Waals surface area contributed by atoms with Crippen molar-refractivity contribution in [3.05, 3.63) is 28.6 Å². The first kappa shape index (κ1) is 15.7. The predicted molar refractivity (Wildman–Crippen MR) is 63.2 cm³/mol. The van der Waals surface area contributed by atoms with Gasteiger partial charge in [-0.05, 0) is 6.07 Å². The normalized spacial score (nSPS) is 11.0. The lowest BCUT2D eigenvalue weighted by Gasteiger charge is -2.18. The van der Waals surface area contributed by atoms with Crippen molar-refractivity contribution >= 4 is 17.4 Å². The van der Waals surface area contributed by atoms with Gasteiger partial charge in [0.1, 0.15) is 11.9 Å². The van der Waals surface area contributed by atoms with Crippen molar-refractivity contribution in [2.45, 2.75) is 12.6 Å². The zero-order valence-electron chi connectivity index (χ0n) is 10.3. The van der Waals surface area contributed by atoms with E-state index >= 15 is 0 Å². The number of alkyl halides is 3. The third-order valence-electron chi connectivity index (χ3n) is 2.32. The zero-order chi connectivity index (χ0) is 15.3. The van der Waals surface area contributed by atoms with Gasteiger partial charge in [0.05, 0.1) is 11.3 Å². The van der Waals surface area contributed by atoms with Crippen molar-refractivity contribution in [2.24, 2.45) is 0 Å². The molecule has 0 aliphatic carbocycles. The third kappa shape index (κ3) is 4.71. The van der Waals surface area contributed by atoms with Crippen LogP contribution < -0.4 is 5.32 Å². The number of nitrogens with zero attached hydrogens (tertiary/aromatic N) is 3. The van der Waals surface area contributed by atoms with E-state index in [0.29, 0.717) is 0 Å². The maximum atomic E-state index is 12.0. The molecule has 0 aliphatic heterocycles. The van der Waals surface area contributed by atoms with Gasteiger partial charge in [-0.3, -0.25) is 15.1 Å². The van der Waals surface area contributed by atoms with E-state index in [2.05, 4.69) is 10.3 Å². The van der Waals surface area contributed by atoms with Crippen LogP contribution in [-0.2, 0) is 0 Å². The molecule has 1 N–H and O–H groups in total. The van der Waals surface area contributed by atoms with Crippen LogP contribution in [0.3, 0.4) is 0 Å². The monoisotopic (exact) mass is 292 g/mol. The van der Waals surface area contributed by atoms with Crippen LogP contribution in [0.5, 0.6) is 0 Å². The number of carbonyl (C=O) groups excluding carboxylic acids is 1. The molecule has 0 saturated carbocycles. The predicted octanol–water partition coefficient (Wildman–Crippen LogP) is 2.41. The zero-order valence-corrected chi connectivity index (χ0v) is 10.3. The maximum Gasteiger partial charge on any atom is 0.390 e. The Bertz CT molecular complexity index is 507. The summed E-state index contributed by atoms with van der Waals surface area (Å²) in [6.07, 6.45) is -3.38. The van der Waals surface area contributed by atoms with Gasteiger partial charge < -0.3 is 10.2 Å². The van der Waals surface area contributed by atoms with E-state index in [4.69, 9.17) is 0 Å². The molecule has 0 unspecified atom stereocenters. The lowest BCUT2D eigenvalue weighted by atomic mass is 10.3. The first-order valence-corrected chi connectivity index (χ1v) is 5.38. The minimum absolute atomic E-state index is 0.131. The highest BCUT2D eigenvalue weighted by molar-refractivity contribution is 5.91. The highest BCUT2D eigenvalue weighted by Gasteiger charge is 2.28. The van der Waals surface area contributed by atoms with Crippen LogP contribution in [-0.4, -0.2) is 40.6 Å². The minimum atomic E-state index is -4.38. The highest BCUT2D eigenvalue weighted by atomic mass is 19.4. The van der Waals surface area contributed by atoms with Crippen molar-refractivity contribution < 1.29 is 22.9 Å². The average Bonchev–Trinajstić information content (AvgIpc) is 2.35. The second kappa shape index (κ2) is 6.17. The van der Waals surface area contributed by atoms with Gasteiger partial charge in [-0.2, -0.15) is 13.2 Å². The second-order valence-corrected chi connectivity index (χ2v) is 3.87. The molecule has 7 nitrogen and oxygen atoms in total. The number of pyridine rings is 1. The van der Waals surface area contributed by atoms with E-state index in [1.165, 1.54) is 12.3 Å². The summed E-state index contributed by atoms with van der Waals surface area (Å²) in [5, 5.41) is 12.8. The molecule has 1 aromatic heterocycles. The largest absolute Gasteiger partial charge is 0.390 e. The fourth-order valence-corrected chi connectivity index (χ4v) is 1.24. The van der Waals surface area contributed by atoms with Gasteiger partial charge in [0.25, 0.3) is 0 Å². The molecule has 10 heteroatoms. The maximum absolute atomic E-state index is 12.0. The molecule has 0 saturated heterocycles. The molecule has 0 spiro atoms. The van der Waals surface area contributed by atoms with Crippen LogP contribution in [0.25, 0.3) is 0 Å². The molecule has 1 heterocycles. The van der Waals surface area contributed by atoms with Crippen molar-refractivity contribution in [2.75, 3.05) is 18.9 Å². The first-order valence-electron chi connectivity index (χ1n) is 5.38. The first-order chi connectivity index (χ1) is 9.20. The van der Waals surface area contributed by atoms with Crippen LogP contribution in [0.4, 0.5) is 29.3 Å². The molecule has 0 aromatic carbocycles. The Morgan fingerprint density at radius 1 is 1.55 bits per heavy atom. The van der Waals surface area contributed by atoms with E-state index in [-0.39, 0.29) is 5.69 Å². The molecule has 110 valence electrons. The number of amides is 2. The average molecular weight is 292 g/mol. The topological polar surface area (TPSA) is 88.4 Å². The molecular weight excluding hydrogens is 281 g/mol. The van der Waals surface area contributed by atoms with Crippen LogP contribution >= 0.6 is 0 Å². The standard InChI is InChI=1S/C10H11F3N4O3/c1-16(5-3-10(11,12)13)9(18)15-7-2-4-14-6-8(7)17(19)20/h2,4,6H,3,5H2,1H3,(H,14,15,18). The number of nitro groups is 1. The molecular formula is C10H11F3N4O3. The van der Waals surface area contributed by atoms with E-state index in [1.807, 2.05) is 0 Å². The van der Waals surface area contributed by atoms with E-state index < -0.39 is 35.8 Å². The summed E-state index contributed by atoms with van der Waals surface area (Å²) in [6, 6.07) is 0.316. The summed E-state index contributed by atoms with van der Waals surface area (Å²) in [5.41, 5.74) is -0.570. The quantitative estimate of drug-likeness (QED) is 0.681. The Labute approximate surface area is 111 Å². The lowest BCUT2D eigenvalue weighted by molar-refractivity contribution is -0.384. The van der Waals surface area contributed by atoms with Gasteiger partial charge in [0.2, 0.25) is 0 Å². The minimum Gasteiger partial charge on any atom is -0.327 e. The molecule has 20 heavy (non-hydrogen) atoms. The molecule has 0 bridgehead atoms. The number of anilines is 1. The van der Waals surface area contributed by atoms with E-state index in [0.717, 1.165) is 18.1 Å². The van der Waals surface area contributed by atoms with Gasteiger partial charge in [-0.1, -0.05) is 0 Å². The van der Waals surface area contributed by atoms with Gasteiger partial charge >= 0.3 is 17.9 Å². The van der Waals surface area contributed by atoms with Crippen LogP contribution in [0.1, 0.15) is 6.42 Å². The van der Waals surface area contributed by atoms with Crippen molar-refractivity contribution in [3.8, 4) is 0 Å². The molecule has 1 rings (SSSR count). The number of aromatic nitrogens is 1. The van der Waals surface area contributed by atoms with Gasteiger partial charge in [-0.25, -0.2) is 4.79 Å². The fraction of sp³-hybridized carbons (Fsp3) is 0.400. The molecule has 0 fully saturated rings. The number of carbonyl (C=O) groups is 1. The molecule has 0 aliphatic rings. The second-order valence-electron chi connectivity index (χ2n) is 3.87. The summed E-state index contributed by atoms with van der Waals surface area (Å²) >= 11 is 0. The fourth-order valence-electron chi connectivity index (χ4n) is 1.24. The Hall–Kier alpha value is -2.39. The smallest absolute Gasteiger partial charge is 0.327 e. The third-order valence-corrected chi connectivity index (χ3v) is 2.32. The Kier molecular flexibility index (Phi) is 4.83. The summed E-state index contributed by atoms with van der Waals surface area (Å²) in [6.45, 7) is -0.547. The molecule has 0 atom stereocenters. The number of halogens is 3. The van der Waals surface area contributed by atoms with Gasteiger partial charge in [0.15, 0.2) is 0 Å². The van der Waals surface area contributed by atoms with Gasteiger partial charge in [0, 0.05) is 19.8 Å². The number of urea groups is 1. The number of rotatable bonds is 4. The number of nitrogens with one attached hydrogen (secondary N) is 1. The lowest BCUT2D eigenvalue weighted by Crippen LogP contribution is -2.34. The number of hydrogen-bond donors (Lipinski definition) is 1. The highest BCUT2D eigenvalue weighted by Crippen LogP contribution is 2.23. The summed E-state index contributed by atoms with van der Waals surface area (Å²) in [4.78, 5) is 25.9. The Balaban J connectivity index is 2.69. The molecule has 2 amide bonds. The van der Waals surface area contributed by atoms with Crippen LogP contribution in [0, 0.1) is 10.1 Å².